The van der Waals surface area contributed by atoms with Crippen LogP contribution in [0.25, 0.3) is 0 Å². The van der Waals surface area contributed by atoms with Gasteiger partial charge in [0.1, 0.15) is 0 Å². The third-order valence-electron chi connectivity index (χ3n) is 4.11. The fourth-order valence-corrected chi connectivity index (χ4v) is 3.43. The molecular weight excluding hydrogens is 332 g/mol. The molecule has 1 aliphatic heterocycles. The Morgan fingerprint density at radius 1 is 1.35 bits per heavy atom. The Kier molecular flexibility index (Phi) is 6.21. The normalized spacial score (nSPS) is 15.4. The molecule has 0 saturated carbocycles. The van der Waals surface area contributed by atoms with Crippen LogP contribution in [0.2, 0.25) is 5.02 Å². The van der Waals surface area contributed by atoms with Gasteiger partial charge < -0.3 is 20.4 Å². The van der Waals surface area contributed by atoms with Gasteiger partial charge in [0.15, 0.2) is 11.7 Å². The number of rotatable bonds is 3. The highest BCUT2D eigenvalue weighted by molar-refractivity contribution is 7.80. The first-order valence-corrected chi connectivity index (χ1v) is 8.56. The highest BCUT2D eigenvalue weighted by Gasteiger charge is 2.23. The van der Waals surface area contributed by atoms with Crippen LogP contribution in [-0.4, -0.2) is 55.7 Å². The Hall–Kier alpha value is -1.37. The summed E-state index contributed by atoms with van der Waals surface area (Å²) in [5, 5.41) is 7.33. The predicted octanol–water partition coefficient (Wildman–Crippen LogP) is 0.600. The molecule has 0 bridgehead atoms. The van der Waals surface area contributed by atoms with E-state index in [1.807, 2.05) is 19.9 Å². The van der Waals surface area contributed by atoms with Crippen molar-refractivity contribution in [1.82, 2.24) is 10.2 Å². The lowest BCUT2D eigenvalue weighted by molar-refractivity contribution is -0.895. The van der Waals surface area contributed by atoms with E-state index < -0.39 is 0 Å². The summed E-state index contributed by atoms with van der Waals surface area (Å²) < 4.78 is 0. The van der Waals surface area contributed by atoms with E-state index in [0.29, 0.717) is 16.7 Å². The van der Waals surface area contributed by atoms with Crippen molar-refractivity contribution < 1.29 is 9.69 Å². The van der Waals surface area contributed by atoms with E-state index in [0.717, 1.165) is 43.0 Å². The number of nitrogens with one attached hydrogen (secondary N) is 3. The minimum absolute atomic E-state index is 0.0798. The Labute approximate surface area is 148 Å². The van der Waals surface area contributed by atoms with Gasteiger partial charge in [0.25, 0.3) is 5.91 Å². The molecule has 126 valence electrons. The zero-order chi connectivity index (χ0) is 17.0. The molecule has 1 heterocycles. The van der Waals surface area contributed by atoms with Crippen molar-refractivity contribution in [2.24, 2.45) is 0 Å². The number of hydrogen-bond donors (Lipinski definition) is 3. The van der Waals surface area contributed by atoms with E-state index in [1.54, 1.807) is 7.05 Å². The van der Waals surface area contributed by atoms with Crippen LogP contribution in [0, 0.1) is 13.8 Å². The number of amides is 1. The quantitative estimate of drug-likeness (QED) is 0.695. The molecule has 1 amide bonds. The number of hydrogen-bond acceptors (Lipinski definition) is 2. The molecule has 1 fully saturated rings. The largest absolute Gasteiger partial charge is 0.354 e. The van der Waals surface area contributed by atoms with Gasteiger partial charge in [0.05, 0.1) is 36.9 Å². The summed E-state index contributed by atoms with van der Waals surface area (Å²) in [6, 6.07) is 4.02. The third-order valence-corrected chi connectivity index (χ3v) is 4.77. The first-order chi connectivity index (χ1) is 10.9. The summed E-state index contributed by atoms with van der Waals surface area (Å²) in [5.41, 5.74) is 3.10. The first kappa shape index (κ1) is 18.0. The number of likely N-dealkylation sites (N-methyl/N-ethyl adjacent to an activating group) is 1. The Bertz CT molecular complexity index is 577. The van der Waals surface area contributed by atoms with Crippen molar-refractivity contribution in [2.45, 2.75) is 13.8 Å². The summed E-state index contributed by atoms with van der Waals surface area (Å²) in [5.74, 6) is 0.0798. The van der Waals surface area contributed by atoms with Crippen LogP contribution >= 0.6 is 23.8 Å². The molecule has 0 radical (unpaired) electrons. The maximum atomic E-state index is 11.4. The molecule has 1 aromatic rings. The van der Waals surface area contributed by atoms with Gasteiger partial charge in [0, 0.05) is 7.05 Å². The van der Waals surface area contributed by atoms with Gasteiger partial charge in [-0.05, 0) is 43.3 Å². The molecule has 1 saturated heterocycles. The Balaban J connectivity index is 1.92. The highest BCUT2D eigenvalue weighted by atomic mass is 35.5. The molecule has 0 spiro atoms. The molecule has 3 N–H and O–H groups in total. The average molecular weight is 356 g/mol. The maximum Gasteiger partial charge on any atom is 0.274 e. The van der Waals surface area contributed by atoms with Crippen molar-refractivity contribution in [3.05, 3.63) is 28.3 Å². The molecule has 0 aliphatic carbocycles. The smallest absolute Gasteiger partial charge is 0.274 e. The number of benzene rings is 1. The lowest BCUT2D eigenvalue weighted by atomic mass is 10.1. The van der Waals surface area contributed by atoms with E-state index in [2.05, 4.69) is 21.6 Å². The van der Waals surface area contributed by atoms with Crippen molar-refractivity contribution in [2.75, 3.05) is 45.1 Å². The second-order valence-corrected chi connectivity index (χ2v) is 6.75. The highest BCUT2D eigenvalue weighted by Crippen LogP contribution is 2.27. The van der Waals surface area contributed by atoms with Gasteiger partial charge in [0.2, 0.25) is 0 Å². The second-order valence-electron chi connectivity index (χ2n) is 5.96. The van der Waals surface area contributed by atoms with Crippen LogP contribution in [0.1, 0.15) is 11.1 Å². The van der Waals surface area contributed by atoms with Crippen LogP contribution in [0.5, 0.6) is 0 Å². The predicted molar refractivity (Wildman–Crippen MR) is 98.4 cm³/mol. The number of carbonyl (C=O) groups excluding carboxylic acids is 1. The second kappa shape index (κ2) is 7.95. The number of thiocarbonyl (C=S) groups is 1. The van der Waals surface area contributed by atoms with E-state index in [9.17, 15) is 4.79 Å². The minimum Gasteiger partial charge on any atom is -0.354 e. The van der Waals surface area contributed by atoms with E-state index >= 15 is 0 Å². The zero-order valence-corrected chi connectivity index (χ0v) is 15.4. The van der Waals surface area contributed by atoms with Gasteiger partial charge in [-0.2, -0.15) is 0 Å². The number of aryl methyl sites for hydroxylation is 2. The SMILES string of the molecule is CNC(=O)C[NH+]1CCN(C(=S)Nc2c(C)cc(C)cc2Cl)CC1. The lowest BCUT2D eigenvalue weighted by Crippen LogP contribution is -3.15. The third kappa shape index (κ3) is 4.80. The van der Waals surface area contributed by atoms with Gasteiger partial charge in [-0.15, -0.1) is 0 Å². The molecule has 0 unspecified atom stereocenters. The molecule has 5 nitrogen and oxygen atoms in total. The van der Waals surface area contributed by atoms with Crippen molar-refractivity contribution in [1.29, 1.82) is 0 Å². The lowest BCUT2D eigenvalue weighted by Gasteiger charge is -2.33. The molecule has 7 heteroatoms. The van der Waals surface area contributed by atoms with Crippen molar-refractivity contribution in [3.8, 4) is 0 Å². The van der Waals surface area contributed by atoms with Gasteiger partial charge in [-0.3, -0.25) is 4.79 Å². The van der Waals surface area contributed by atoms with E-state index in [1.165, 1.54) is 4.90 Å². The van der Waals surface area contributed by atoms with Crippen molar-refractivity contribution >= 4 is 40.5 Å². The number of anilines is 1. The van der Waals surface area contributed by atoms with Gasteiger partial charge in [-0.1, -0.05) is 17.7 Å². The van der Waals surface area contributed by atoms with Crippen LogP contribution in [0.4, 0.5) is 5.69 Å². The number of halogens is 1. The van der Waals surface area contributed by atoms with Gasteiger partial charge in [-0.25, -0.2) is 0 Å². The first-order valence-electron chi connectivity index (χ1n) is 7.77. The molecule has 0 aromatic heterocycles. The summed E-state index contributed by atoms with van der Waals surface area (Å²) in [6.07, 6.45) is 0. The van der Waals surface area contributed by atoms with Crippen molar-refractivity contribution in [3.63, 3.8) is 0 Å². The Morgan fingerprint density at radius 3 is 2.57 bits per heavy atom. The van der Waals surface area contributed by atoms with Crippen LogP contribution in [0.3, 0.4) is 0 Å². The average Bonchev–Trinajstić information content (AvgIpc) is 2.51. The summed E-state index contributed by atoms with van der Waals surface area (Å²) in [4.78, 5) is 14.9. The van der Waals surface area contributed by atoms with Gasteiger partial charge >= 0.3 is 0 Å². The van der Waals surface area contributed by atoms with Crippen LogP contribution in [0.15, 0.2) is 12.1 Å². The fraction of sp³-hybridized carbons (Fsp3) is 0.500. The van der Waals surface area contributed by atoms with Crippen LogP contribution < -0.4 is 15.5 Å². The maximum absolute atomic E-state index is 11.4. The molecule has 0 atom stereocenters. The minimum atomic E-state index is 0.0798. The molecular formula is C16H24ClN4OS+. The molecule has 23 heavy (non-hydrogen) atoms. The van der Waals surface area contributed by atoms with E-state index in [-0.39, 0.29) is 5.91 Å². The monoisotopic (exact) mass is 355 g/mol. The Morgan fingerprint density at radius 2 is 2.00 bits per heavy atom. The van der Waals surface area contributed by atoms with E-state index in [4.69, 9.17) is 23.8 Å². The van der Waals surface area contributed by atoms with Crippen LogP contribution in [-0.2, 0) is 4.79 Å². The number of quaternary nitrogens is 1. The standard InChI is InChI=1S/C16H23ClN4OS/c1-11-8-12(2)15(13(17)9-11)19-16(23)21-6-4-20(5-7-21)10-14(22)18-3/h8-9H,4-7,10H2,1-3H3,(H,18,22)(H,19,23)/p+1. The number of piperazine rings is 1. The molecule has 2 rings (SSSR count). The fourth-order valence-electron chi connectivity index (χ4n) is 2.78. The topological polar surface area (TPSA) is 48.8 Å². The number of nitrogens with zero attached hydrogens (tertiary/aromatic N) is 1. The molecule has 1 aliphatic rings. The molecule has 1 aromatic carbocycles. The summed E-state index contributed by atoms with van der Waals surface area (Å²) in [6.45, 7) is 8.03. The summed E-state index contributed by atoms with van der Waals surface area (Å²) >= 11 is 11.9. The summed E-state index contributed by atoms with van der Waals surface area (Å²) in [7, 11) is 1.67. The zero-order valence-electron chi connectivity index (χ0n) is 13.8. The number of carbonyl (C=O) groups is 1.